The van der Waals surface area contributed by atoms with Crippen LogP contribution in [0.25, 0.3) is 0 Å². The summed E-state index contributed by atoms with van der Waals surface area (Å²) in [6.07, 6.45) is 6.04. The second kappa shape index (κ2) is 10.2. The van der Waals surface area contributed by atoms with E-state index >= 15 is 0 Å². The van der Waals surface area contributed by atoms with E-state index in [9.17, 15) is 19.5 Å². The lowest BCUT2D eigenvalue weighted by Crippen LogP contribution is -2.21. The summed E-state index contributed by atoms with van der Waals surface area (Å²) in [5.41, 5.74) is -2.16. The van der Waals surface area contributed by atoms with Gasteiger partial charge in [-0.25, -0.2) is 14.4 Å². The minimum Gasteiger partial charge on any atom is -0.478 e. The van der Waals surface area contributed by atoms with Crippen molar-refractivity contribution < 1.29 is 29.7 Å². The van der Waals surface area contributed by atoms with Crippen molar-refractivity contribution in [1.29, 1.82) is 5.26 Å². The molecule has 3 N–H and O–H groups in total. The Morgan fingerprint density at radius 3 is 2.00 bits per heavy atom. The van der Waals surface area contributed by atoms with Crippen LogP contribution < -0.4 is 0 Å². The van der Waals surface area contributed by atoms with E-state index in [1.165, 1.54) is 19.9 Å². The SMILES string of the molecule is CC(=CC(C=C(C(=O)O)C(C)(C=CC#N)C=CC(=O)O)=C(Cl)Cl)C(=O)O. The van der Waals surface area contributed by atoms with E-state index in [2.05, 4.69) is 0 Å². The molecule has 0 aliphatic carbocycles. The molecule has 1 atom stereocenters. The van der Waals surface area contributed by atoms with Gasteiger partial charge in [-0.2, -0.15) is 5.26 Å². The monoisotopic (exact) mass is 399 g/mol. The maximum atomic E-state index is 11.7. The number of hydrogen-bond donors (Lipinski definition) is 3. The van der Waals surface area contributed by atoms with Crippen LogP contribution >= 0.6 is 23.2 Å². The number of nitriles is 1. The first-order valence-electron chi connectivity index (χ1n) is 6.86. The number of aliphatic carboxylic acids is 3. The van der Waals surface area contributed by atoms with Gasteiger partial charge in [0.2, 0.25) is 0 Å². The Morgan fingerprint density at radius 1 is 1.04 bits per heavy atom. The molecule has 0 radical (unpaired) electrons. The second-order valence-electron chi connectivity index (χ2n) is 5.13. The quantitative estimate of drug-likeness (QED) is 0.323. The first kappa shape index (κ1) is 23.2. The Labute approximate surface area is 159 Å². The van der Waals surface area contributed by atoms with Crippen molar-refractivity contribution in [3.8, 4) is 6.07 Å². The van der Waals surface area contributed by atoms with Gasteiger partial charge in [0.05, 0.1) is 11.6 Å². The average molecular weight is 400 g/mol. The summed E-state index contributed by atoms with van der Waals surface area (Å²) in [5, 5.41) is 36.0. The van der Waals surface area contributed by atoms with Crippen LogP contribution in [0, 0.1) is 16.7 Å². The van der Waals surface area contributed by atoms with Crippen LogP contribution in [0.2, 0.25) is 0 Å². The van der Waals surface area contributed by atoms with E-state index < -0.39 is 27.8 Å². The summed E-state index contributed by atoms with van der Waals surface area (Å²) in [7, 11) is 0. The number of nitrogens with zero attached hydrogens (tertiary/aromatic N) is 1. The Kier molecular flexibility index (Phi) is 9.12. The Bertz CT molecular complexity index is 795. The number of hydrogen-bond acceptors (Lipinski definition) is 4. The van der Waals surface area contributed by atoms with Crippen LogP contribution in [-0.4, -0.2) is 33.2 Å². The normalized spacial score (nSPS) is 14.7. The van der Waals surface area contributed by atoms with Gasteiger partial charge >= 0.3 is 17.9 Å². The summed E-state index contributed by atoms with van der Waals surface area (Å²) >= 11 is 11.4. The number of halogens is 2. The van der Waals surface area contributed by atoms with Crippen molar-refractivity contribution in [2.45, 2.75) is 13.8 Å². The molecular weight excluding hydrogens is 385 g/mol. The Hall–Kier alpha value is -2.82. The second-order valence-corrected chi connectivity index (χ2v) is 6.08. The van der Waals surface area contributed by atoms with E-state index in [-0.39, 0.29) is 16.7 Å². The van der Waals surface area contributed by atoms with Gasteiger partial charge in [0.1, 0.15) is 4.49 Å². The number of carboxylic acid groups (broad SMARTS) is 3. The minimum absolute atomic E-state index is 0.106. The fraction of sp³-hybridized carbons (Fsp3) is 0.176. The van der Waals surface area contributed by atoms with Crippen molar-refractivity contribution in [2.75, 3.05) is 0 Å². The number of allylic oxidation sites excluding steroid dienone is 6. The maximum absolute atomic E-state index is 11.7. The molecule has 9 heteroatoms. The van der Waals surface area contributed by atoms with Crippen molar-refractivity contribution in [3.05, 3.63) is 57.7 Å². The zero-order valence-electron chi connectivity index (χ0n) is 13.7. The molecule has 0 aromatic rings. The first-order chi connectivity index (χ1) is 11.9. The molecule has 0 aromatic carbocycles. The largest absolute Gasteiger partial charge is 0.478 e. The lowest BCUT2D eigenvalue weighted by Gasteiger charge is -2.23. The van der Waals surface area contributed by atoms with Gasteiger partial charge in [-0.3, -0.25) is 0 Å². The fourth-order valence-corrected chi connectivity index (χ4v) is 1.96. The number of carbonyl (C=O) groups is 3. The summed E-state index contributed by atoms with van der Waals surface area (Å²) in [4.78, 5) is 33.5. The lowest BCUT2D eigenvalue weighted by molar-refractivity contribution is -0.134. The smallest absolute Gasteiger partial charge is 0.332 e. The highest BCUT2D eigenvalue weighted by molar-refractivity contribution is 6.56. The zero-order valence-corrected chi connectivity index (χ0v) is 15.2. The molecule has 138 valence electrons. The van der Waals surface area contributed by atoms with E-state index in [1.807, 2.05) is 0 Å². The van der Waals surface area contributed by atoms with E-state index in [0.717, 1.165) is 30.4 Å². The molecular formula is C17H15Cl2NO6. The summed E-state index contributed by atoms with van der Waals surface area (Å²) in [5.74, 6) is -4.03. The highest BCUT2D eigenvalue weighted by Gasteiger charge is 2.29. The number of carboxylic acids is 3. The van der Waals surface area contributed by atoms with Gasteiger partial charge in [0.15, 0.2) is 0 Å². The van der Waals surface area contributed by atoms with Crippen molar-refractivity contribution in [3.63, 3.8) is 0 Å². The minimum atomic E-state index is -1.51. The molecule has 0 amide bonds. The lowest BCUT2D eigenvalue weighted by atomic mass is 9.80. The molecule has 26 heavy (non-hydrogen) atoms. The van der Waals surface area contributed by atoms with Crippen LogP contribution in [-0.2, 0) is 14.4 Å². The van der Waals surface area contributed by atoms with Crippen LogP contribution in [0.4, 0.5) is 0 Å². The van der Waals surface area contributed by atoms with Crippen LogP contribution in [0.1, 0.15) is 13.8 Å². The van der Waals surface area contributed by atoms with Gasteiger partial charge in [0, 0.05) is 28.7 Å². The first-order valence-corrected chi connectivity index (χ1v) is 7.62. The molecule has 0 aromatic heterocycles. The van der Waals surface area contributed by atoms with E-state index in [4.69, 9.17) is 38.7 Å². The molecule has 0 spiro atoms. The number of rotatable bonds is 8. The van der Waals surface area contributed by atoms with Crippen LogP contribution in [0.3, 0.4) is 0 Å². The summed E-state index contributed by atoms with van der Waals surface area (Å²) in [6, 6.07) is 1.69. The zero-order chi connectivity index (χ0) is 20.5. The van der Waals surface area contributed by atoms with Gasteiger partial charge in [-0.05, 0) is 26.0 Å². The fourth-order valence-electron chi connectivity index (χ4n) is 1.74. The molecule has 0 saturated carbocycles. The third kappa shape index (κ3) is 7.38. The topological polar surface area (TPSA) is 136 Å². The van der Waals surface area contributed by atoms with E-state index in [0.29, 0.717) is 0 Å². The van der Waals surface area contributed by atoms with Gasteiger partial charge in [-0.1, -0.05) is 35.4 Å². The summed E-state index contributed by atoms with van der Waals surface area (Å²) in [6.45, 7) is 2.61. The van der Waals surface area contributed by atoms with Crippen LogP contribution in [0.5, 0.6) is 0 Å². The third-order valence-electron chi connectivity index (χ3n) is 3.11. The van der Waals surface area contributed by atoms with Gasteiger partial charge in [0.25, 0.3) is 0 Å². The van der Waals surface area contributed by atoms with E-state index in [1.54, 1.807) is 6.07 Å². The van der Waals surface area contributed by atoms with Gasteiger partial charge < -0.3 is 15.3 Å². The molecule has 1 unspecified atom stereocenters. The predicted molar refractivity (Wildman–Crippen MR) is 95.5 cm³/mol. The Balaban J connectivity index is 6.61. The molecule has 0 saturated heterocycles. The molecule has 0 bridgehead atoms. The van der Waals surface area contributed by atoms with Crippen molar-refractivity contribution >= 4 is 41.1 Å². The van der Waals surface area contributed by atoms with Gasteiger partial charge in [-0.15, -0.1) is 0 Å². The maximum Gasteiger partial charge on any atom is 0.332 e. The average Bonchev–Trinajstić information content (AvgIpc) is 2.53. The molecule has 0 aliphatic rings. The molecule has 0 heterocycles. The standard InChI is InChI=1S/C17H15Cl2NO6/c1-10(15(23)24)8-11(14(18)19)9-12(16(25)26)17(2,5-3-7-20)6-4-13(21)22/h3-6,8-9H,1-2H3,(H,21,22)(H,23,24)(H,25,26). The summed E-state index contributed by atoms with van der Waals surface area (Å²) < 4.78 is -0.391. The van der Waals surface area contributed by atoms with Crippen molar-refractivity contribution in [1.82, 2.24) is 0 Å². The Morgan fingerprint density at radius 2 is 1.62 bits per heavy atom. The predicted octanol–water partition coefficient (Wildman–Crippen LogP) is 3.44. The van der Waals surface area contributed by atoms with Crippen molar-refractivity contribution in [2.24, 2.45) is 5.41 Å². The molecule has 0 rings (SSSR count). The third-order valence-corrected chi connectivity index (χ3v) is 3.55. The highest BCUT2D eigenvalue weighted by Crippen LogP contribution is 2.33. The van der Waals surface area contributed by atoms with Crippen LogP contribution in [0.15, 0.2) is 57.7 Å². The molecule has 0 fully saturated rings. The molecule has 7 nitrogen and oxygen atoms in total. The molecule has 0 aliphatic heterocycles. The highest BCUT2D eigenvalue weighted by atomic mass is 35.5.